The van der Waals surface area contributed by atoms with Gasteiger partial charge in [0.15, 0.2) is 0 Å². The van der Waals surface area contributed by atoms with Crippen molar-refractivity contribution in [2.24, 2.45) is 5.73 Å². The zero-order chi connectivity index (χ0) is 22.5. The van der Waals surface area contributed by atoms with Gasteiger partial charge in [-0.2, -0.15) is 0 Å². The molecule has 1 aromatic carbocycles. The quantitative estimate of drug-likeness (QED) is 0.305. The number of aryl methyl sites for hydroxylation is 1. The molecule has 32 heavy (non-hydrogen) atoms. The lowest BCUT2D eigenvalue weighted by Gasteiger charge is -2.06. The predicted molar refractivity (Wildman–Crippen MR) is 122 cm³/mol. The molecule has 8 nitrogen and oxygen atoms in total. The third-order valence-corrected chi connectivity index (χ3v) is 5.33. The van der Waals surface area contributed by atoms with Crippen LogP contribution in [0.5, 0.6) is 0 Å². The van der Waals surface area contributed by atoms with Crippen molar-refractivity contribution in [2.75, 3.05) is 0 Å². The Bertz CT molecular complexity index is 1300. The molecule has 0 saturated carbocycles. The van der Waals surface area contributed by atoms with E-state index in [0.717, 1.165) is 16.6 Å². The first kappa shape index (κ1) is 21.5. The summed E-state index contributed by atoms with van der Waals surface area (Å²) >= 11 is 0. The molecular formula is C24H25N5O3. The zero-order valence-electron chi connectivity index (χ0n) is 17.8. The van der Waals surface area contributed by atoms with Crippen LogP contribution in [0.3, 0.4) is 0 Å². The first-order valence-electron chi connectivity index (χ1n) is 10.6. The first-order chi connectivity index (χ1) is 15.6. The molecule has 1 atom stereocenters. The van der Waals surface area contributed by atoms with Crippen molar-refractivity contribution in [1.82, 2.24) is 19.5 Å². The molecule has 0 fully saturated rings. The monoisotopic (exact) mass is 431 g/mol. The van der Waals surface area contributed by atoms with E-state index >= 15 is 0 Å². The molecule has 0 spiro atoms. The molecule has 0 aliphatic heterocycles. The van der Waals surface area contributed by atoms with Gasteiger partial charge in [-0.05, 0) is 43.4 Å². The van der Waals surface area contributed by atoms with Gasteiger partial charge in [-0.25, -0.2) is 9.97 Å². The Balaban J connectivity index is 1.37. The SMILES string of the molecule is CCn1ccc2cc(-c3c[nH]c([C@@H](N)C/C=C/CCC(=O)c4ncco4)n3)ccc2c1=O. The maximum atomic E-state index is 12.4. The topological polar surface area (TPSA) is 120 Å². The van der Waals surface area contributed by atoms with Crippen LogP contribution in [0, 0.1) is 0 Å². The molecule has 3 aromatic heterocycles. The smallest absolute Gasteiger partial charge is 0.263 e. The maximum Gasteiger partial charge on any atom is 0.263 e. The summed E-state index contributed by atoms with van der Waals surface area (Å²) < 4.78 is 6.68. The summed E-state index contributed by atoms with van der Waals surface area (Å²) in [5, 5.41) is 1.57. The number of nitrogens with one attached hydrogen (secondary N) is 1. The number of Topliss-reactive ketones (excluding diaryl/α,β-unsaturated/α-hetero) is 1. The average molecular weight is 431 g/mol. The lowest BCUT2D eigenvalue weighted by Crippen LogP contribution is -2.18. The van der Waals surface area contributed by atoms with E-state index in [0.29, 0.717) is 37.0 Å². The molecule has 3 N–H and O–H groups in total. The number of carbonyl (C=O) groups excluding carboxylic acids is 1. The molecule has 3 heterocycles. The molecule has 4 rings (SSSR count). The lowest BCUT2D eigenvalue weighted by molar-refractivity contribution is 0.0950. The van der Waals surface area contributed by atoms with E-state index in [9.17, 15) is 9.59 Å². The second-order valence-corrected chi connectivity index (χ2v) is 7.49. The van der Waals surface area contributed by atoms with Crippen LogP contribution in [0.4, 0.5) is 0 Å². The van der Waals surface area contributed by atoms with Crippen molar-refractivity contribution in [3.63, 3.8) is 0 Å². The molecule has 0 saturated heterocycles. The van der Waals surface area contributed by atoms with E-state index in [1.165, 1.54) is 12.5 Å². The second kappa shape index (κ2) is 9.57. The number of nitrogens with zero attached hydrogens (tertiary/aromatic N) is 3. The fraction of sp³-hybridized carbons (Fsp3) is 0.250. The predicted octanol–water partition coefficient (Wildman–Crippen LogP) is 4.01. The maximum absolute atomic E-state index is 12.4. The van der Waals surface area contributed by atoms with Gasteiger partial charge in [-0.1, -0.05) is 18.2 Å². The Hall–Kier alpha value is -3.78. The number of oxazole rings is 1. The molecule has 164 valence electrons. The van der Waals surface area contributed by atoms with Gasteiger partial charge in [0.05, 0.1) is 17.9 Å². The van der Waals surface area contributed by atoms with Gasteiger partial charge >= 0.3 is 0 Å². The molecule has 0 aliphatic carbocycles. The van der Waals surface area contributed by atoms with Gasteiger partial charge in [-0.15, -0.1) is 0 Å². The molecule has 0 radical (unpaired) electrons. The number of rotatable bonds is 9. The van der Waals surface area contributed by atoms with Gasteiger partial charge in [0.1, 0.15) is 12.1 Å². The van der Waals surface area contributed by atoms with Crippen LogP contribution in [0.15, 0.2) is 70.5 Å². The summed E-state index contributed by atoms with van der Waals surface area (Å²) in [6.45, 7) is 2.59. The number of pyridine rings is 1. The second-order valence-electron chi connectivity index (χ2n) is 7.49. The summed E-state index contributed by atoms with van der Waals surface area (Å²) in [5.41, 5.74) is 7.97. The standard InChI is InChI=1S/C24H25N5O3/c1-2-29-12-10-16-14-17(8-9-18(16)24(29)31)20-15-27-22(28-20)19(25)6-4-3-5-7-21(30)23-26-11-13-32-23/h3-4,8-15,19H,2,5-7,25H2,1H3,(H,27,28)/b4-3+/t19-/m0/s1. The van der Waals surface area contributed by atoms with E-state index in [1.54, 1.807) is 4.57 Å². The summed E-state index contributed by atoms with van der Waals surface area (Å²) in [4.78, 5) is 35.9. The fourth-order valence-electron chi connectivity index (χ4n) is 3.53. The molecular weight excluding hydrogens is 406 g/mol. The van der Waals surface area contributed by atoms with Crippen LogP contribution in [0.25, 0.3) is 22.0 Å². The molecule has 8 heteroatoms. The molecule has 4 aromatic rings. The van der Waals surface area contributed by atoms with Gasteiger partial charge in [0.2, 0.25) is 5.78 Å². The van der Waals surface area contributed by atoms with Crippen molar-refractivity contribution >= 4 is 16.6 Å². The van der Waals surface area contributed by atoms with E-state index < -0.39 is 0 Å². The van der Waals surface area contributed by atoms with Crippen molar-refractivity contribution in [3.05, 3.63) is 83.3 Å². The number of aromatic nitrogens is 4. The Morgan fingerprint density at radius 1 is 1.31 bits per heavy atom. The Labute approximate surface area is 184 Å². The van der Waals surface area contributed by atoms with Crippen molar-refractivity contribution in [1.29, 1.82) is 0 Å². The van der Waals surface area contributed by atoms with E-state index in [1.807, 2.05) is 55.7 Å². The molecule has 0 unspecified atom stereocenters. The molecule has 0 aliphatic rings. The Morgan fingerprint density at radius 3 is 2.97 bits per heavy atom. The Morgan fingerprint density at radius 2 is 2.19 bits per heavy atom. The van der Waals surface area contributed by atoms with Gasteiger partial charge in [0.25, 0.3) is 11.4 Å². The van der Waals surface area contributed by atoms with Crippen molar-refractivity contribution in [3.8, 4) is 11.3 Å². The first-order valence-corrected chi connectivity index (χ1v) is 10.6. The number of nitrogens with two attached hydrogens (primary N) is 1. The molecule has 0 bridgehead atoms. The highest BCUT2D eigenvalue weighted by Gasteiger charge is 2.12. The van der Waals surface area contributed by atoms with E-state index in [-0.39, 0.29) is 23.3 Å². The number of hydrogen-bond donors (Lipinski definition) is 2. The highest BCUT2D eigenvalue weighted by molar-refractivity contribution is 5.91. The van der Waals surface area contributed by atoms with E-state index in [2.05, 4.69) is 15.0 Å². The van der Waals surface area contributed by atoms with Gasteiger partial charge in [-0.3, -0.25) is 9.59 Å². The van der Waals surface area contributed by atoms with Crippen LogP contribution in [0.1, 0.15) is 48.7 Å². The number of benzene rings is 1. The average Bonchev–Trinajstić information content (AvgIpc) is 3.51. The Kier molecular flexibility index (Phi) is 6.42. The largest absolute Gasteiger partial charge is 0.442 e. The minimum absolute atomic E-state index is 0.00944. The third kappa shape index (κ3) is 4.60. The third-order valence-electron chi connectivity index (χ3n) is 5.33. The number of carbonyl (C=O) groups is 1. The van der Waals surface area contributed by atoms with Crippen molar-refractivity contribution < 1.29 is 9.21 Å². The summed E-state index contributed by atoms with van der Waals surface area (Å²) in [5.74, 6) is 0.702. The number of ketones is 1. The lowest BCUT2D eigenvalue weighted by atomic mass is 10.1. The minimum atomic E-state index is -0.292. The van der Waals surface area contributed by atoms with Crippen LogP contribution in [-0.4, -0.2) is 25.3 Å². The van der Waals surface area contributed by atoms with E-state index in [4.69, 9.17) is 10.2 Å². The van der Waals surface area contributed by atoms with Crippen LogP contribution < -0.4 is 11.3 Å². The molecule has 0 amide bonds. The van der Waals surface area contributed by atoms with Crippen LogP contribution in [-0.2, 0) is 6.54 Å². The minimum Gasteiger partial charge on any atom is -0.442 e. The number of fused-ring (bicyclic) bond motifs is 1. The number of aromatic amines is 1. The zero-order valence-corrected chi connectivity index (χ0v) is 17.8. The highest BCUT2D eigenvalue weighted by atomic mass is 16.3. The number of imidazole rings is 1. The summed E-state index contributed by atoms with van der Waals surface area (Å²) in [6, 6.07) is 7.36. The highest BCUT2D eigenvalue weighted by Crippen LogP contribution is 2.23. The summed E-state index contributed by atoms with van der Waals surface area (Å²) in [6.07, 6.45) is 11.9. The fourth-order valence-corrected chi connectivity index (χ4v) is 3.53. The normalized spacial score (nSPS) is 12.6. The van der Waals surface area contributed by atoms with Gasteiger partial charge < -0.3 is 19.7 Å². The summed E-state index contributed by atoms with van der Waals surface area (Å²) in [7, 11) is 0. The number of hydrogen-bond acceptors (Lipinski definition) is 6. The number of H-pyrrole nitrogens is 1. The number of allylic oxidation sites excluding steroid dienone is 1. The van der Waals surface area contributed by atoms with Crippen molar-refractivity contribution in [2.45, 2.75) is 38.8 Å². The van der Waals surface area contributed by atoms with Crippen LogP contribution in [0.2, 0.25) is 0 Å². The van der Waals surface area contributed by atoms with Gasteiger partial charge in [0, 0.05) is 36.3 Å². The van der Waals surface area contributed by atoms with Crippen LogP contribution >= 0.6 is 0 Å².